The second-order valence-electron chi connectivity index (χ2n) is 3.39. The molecule has 14 heavy (non-hydrogen) atoms. The first-order valence-corrected chi connectivity index (χ1v) is 4.58. The lowest BCUT2D eigenvalue weighted by molar-refractivity contribution is 0.601. The Morgan fingerprint density at radius 3 is 2.64 bits per heavy atom. The molecular formula is C10H12FN3. The van der Waals surface area contributed by atoms with Crippen molar-refractivity contribution in [3.8, 4) is 0 Å². The number of nitrogens with zero attached hydrogens (tertiary/aromatic N) is 1. The molecule has 4 heteroatoms. The summed E-state index contributed by atoms with van der Waals surface area (Å²) in [4.78, 5) is 2.03. The minimum absolute atomic E-state index is 0.204. The van der Waals surface area contributed by atoms with Crippen molar-refractivity contribution >= 4 is 11.5 Å². The predicted molar refractivity (Wildman–Crippen MR) is 54.2 cm³/mol. The molecule has 0 unspecified atom stereocenters. The number of halogens is 1. The Hall–Kier alpha value is -1.58. The van der Waals surface area contributed by atoms with Crippen LogP contribution in [0.3, 0.4) is 0 Å². The average Bonchev–Trinajstić information content (AvgIpc) is 1.99. The van der Waals surface area contributed by atoms with Gasteiger partial charge in [0.1, 0.15) is 11.7 Å². The highest BCUT2D eigenvalue weighted by atomic mass is 19.1. The number of rotatable bonds is 2. The van der Waals surface area contributed by atoms with E-state index in [0.29, 0.717) is 0 Å². The topological polar surface area (TPSA) is 53.1 Å². The van der Waals surface area contributed by atoms with Gasteiger partial charge in [0.15, 0.2) is 0 Å². The summed E-state index contributed by atoms with van der Waals surface area (Å²) in [6, 6.07) is 4.79. The van der Waals surface area contributed by atoms with E-state index in [1.54, 1.807) is 12.1 Å². The molecule has 1 saturated heterocycles. The Labute approximate surface area is 81.8 Å². The van der Waals surface area contributed by atoms with Gasteiger partial charge in [0.2, 0.25) is 0 Å². The molecule has 1 aromatic rings. The van der Waals surface area contributed by atoms with E-state index in [9.17, 15) is 4.39 Å². The number of amidine groups is 1. The molecule has 1 aliphatic rings. The van der Waals surface area contributed by atoms with Crippen LogP contribution in [0.4, 0.5) is 10.1 Å². The average molecular weight is 193 g/mol. The highest BCUT2D eigenvalue weighted by Gasteiger charge is 2.20. The zero-order valence-electron chi connectivity index (χ0n) is 7.76. The largest absolute Gasteiger partial charge is 0.384 e. The summed E-state index contributed by atoms with van der Waals surface area (Å²) in [5.41, 5.74) is 6.32. The molecule has 3 N–H and O–H groups in total. The second kappa shape index (κ2) is 3.29. The molecule has 0 radical (unpaired) electrons. The summed E-state index contributed by atoms with van der Waals surface area (Å²) in [7, 11) is 0. The van der Waals surface area contributed by atoms with E-state index in [2.05, 4.69) is 0 Å². The molecule has 3 nitrogen and oxygen atoms in total. The van der Waals surface area contributed by atoms with Crippen LogP contribution in [-0.2, 0) is 0 Å². The number of nitrogens with one attached hydrogen (secondary N) is 1. The monoisotopic (exact) mass is 193 g/mol. The Bertz CT molecular complexity index is 372. The number of anilines is 1. The standard InChI is InChI=1S/C10H12FN3/c11-7-3-1-4-8(9(7)10(12)13)14-5-2-6-14/h1,3-4H,2,5-6H2,(H3,12,13). The molecule has 0 amide bonds. The van der Waals surface area contributed by atoms with Crippen LogP contribution in [0.1, 0.15) is 12.0 Å². The number of nitrogens with two attached hydrogens (primary N) is 1. The van der Waals surface area contributed by atoms with Crippen LogP contribution in [0.25, 0.3) is 0 Å². The summed E-state index contributed by atoms with van der Waals surface area (Å²) in [5, 5.41) is 7.32. The van der Waals surface area contributed by atoms with Gasteiger partial charge in [-0.15, -0.1) is 0 Å². The zero-order valence-corrected chi connectivity index (χ0v) is 7.76. The van der Waals surface area contributed by atoms with Gasteiger partial charge in [-0.25, -0.2) is 4.39 Å². The Kier molecular flexibility index (Phi) is 2.11. The van der Waals surface area contributed by atoms with E-state index >= 15 is 0 Å². The first-order valence-electron chi connectivity index (χ1n) is 4.58. The zero-order chi connectivity index (χ0) is 10.1. The molecule has 1 aromatic carbocycles. The normalized spacial score (nSPS) is 15.1. The molecule has 0 atom stereocenters. The third-order valence-corrected chi connectivity index (χ3v) is 2.46. The van der Waals surface area contributed by atoms with Crippen molar-refractivity contribution < 1.29 is 4.39 Å². The lowest BCUT2D eigenvalue weighted by atomic mass is 10.1. The van der Waals surface area contributed by atoms with Gasteiger partial charge in [0, 0.05) is 13.1 Å². The molecule has 1 heterocycles. The van der Waals surface area contributed by atoms with Gasteiger partial charge in [-0.1, -0.05) is 6.07 Å². The SMILES string of the molecule is N=C(N)c1c(F)cccc1N1CCC1. The highest BCUT2D eigenvalue weighted by molar-refractivity contribution is 6.00. The maximum atomic E-state index is 13.4. The van der Waals surface area contributed by atoms with Crippen molar-refractivity contribution in [2.24, 2.45) is 5.73 Å². The molecule has 74 valence electrons. The third kappa shape index (κ3) is 1.32. The van der Waals surface area contributed by atoms with Crippen molar-refractivity contribution in [1.82, 2.24) is 0 Å². The van der Waals surface area contributed by atoms with Crippen LogP contribution in [0.5, 0.6) is 0 Å². The molecule has 2 rings (SSSR count). The van der Waals surface area contributed by atoms with Crippen LogP contribution in [0.15, 0.2) is 18.2 Å². The van der Waals surface area contributed by atoms with Gasteiger partial charge in [0.25, 0.3) is 0 Å². The summed E-state index contributed by atoms with van der Waals surface area (Å²) in [6.45, 7) is 1.84. The highest BCUT2D eigenvalue weighted by Crippen LogP contribution is 2.26. The van der Waals surface area contributed by atoms with Crippen molar-refractivity contribution in [3.63, 3.8) is 0 Å². The Morgan fingerprint density at radius 2 is 2.14 bits per heavy atom. The molecule has 0 bridgehead atoms. The fourth-order valence-electron chi connectivity index (χ4n) is 1.60. The van der Waals surface area contributed by atoms with Crippen molar-refractivity contribution in [1.29, 1.82) is 5.41 Å². The first kappa shape index (κ1) is 8.99. The van der Waals surface area contributed by atoms with Gasteiger partial charge in [-0.05, 0) is 18.6 Å². The molecule has 0 spiro atoms. The summed E-state index contributed by atoms with van der Waals surface area (Å²) in [5.74, 6) is -0.619. The minimum Gasteiger partial charge on any atom is -0.384 e. The smallest absolute Gasteiger partial charge is 0.136 e. The number of hydrogen-bond acceptors (Lipinski definition) is 2. The molecular weight excluding hydrogens is 181 g/mol. The number of benzene rings is 1. The van der Waals surface area contributed by atoms with Gasteiger partial charge in [-0.3, -0.25) is 5.41 Å². The van der Waals surface area contributed by atoms with Crippen molar-refractivity contribution in [2.45, 2.75) is 6.42 Å². The van der Waals surface area contributed by atoms with E-state index < -0.39 is 5.82 Å². The van der Waals surface area contributed by atoms with Crippen LogP contribution >= 0.6 is 0 Å². The second-order valence-corrected chi connectivity index (χ2v) is 3.39. The fraction of sp³-hybridized carbons (Fsp3) is 0.300. The van der Waals surface area contributed by atoms with Gasteiger partial charge in [-0.2, -0.15) is 0 Å². The molecule has 1 fully saturated rings. The van der Waals surface area contributed by atoms with Crippen LogP contribution in [0.2, 0.25) is 0 Å². The summed E-state index contributed by atoms with van der Waals surface area (Å²) in [6.07, 6.45) is 1.12. The van der Waals surface area contributed by atoms with E-state index in [1.807, 2.05) is 4.90 Å². The molecule has 0 saturated carbocycles. The van der Waals surface area contributed by atoms with E-state index in [1.165, 1.54) is 6.07 Å². The van der Waals surface area contributed by atoms with E-state index in [0.717, 1.165) is 25.2 Å². The third-order valence-electron chi connectivity index (χ3n) is 2.46. The van der Waals surface area contributed by atoms with Gasteiger partial charge < -0.3 is 10.6 Å². The van der Waals surface area contributed by atoms with Crippen LogP contribution < -0.4 is 10.6 Å². The lowest BCUT2D eigenvalue weighted by Gasteiger charge is -2.34. The van der Waals surface area contributed by atoms with Gasteiger partial charge >= 0.3 is 0 Å². The van der Waals surface area contributed by atoms with E-state index in [4.69, 9.17) is 11.1 Å². The number of nitrogen functional groups attached to an aromatic ring is 1. The first-order chi connectivity index (χ1) is 6.70. The molecule has 0 aromatic heterocycles. The van der Waals surface area contributed by atoms with Crippen molar-refractivity contribution in [2.75, 3.05) is 18.0 Å². The maximum absolute atomic E-state index is 13.4. The predicted octanol–water partition coefficient (Wildman–Crippen LogP) is 1.32. The lowest BCUT2D eigenvalue weighted by Crippen LogP contribution is -2.38. The Balaban J connectivity index is 2.46. The van der Waals surface area contributed by atoms with Crippen LogP contribution in [0, 0.1) is 11.2 Å². The maximum Gasteiger partial charge on any atom is 0.136 e. The summed E-state index contributed by atoms with van der Waals surface area (Å²) < 4.78 is 13.4. The van der Waals surface area contributed by atoms with E-state index in [-0.39, 0.29) is 11.4 Å². The van der Waals surface area contributed by atoms with Crippen molar-refractivity contribution in [3.05, 3.63) is 29.6 Å². The fourth-order valence-corrected chi connectivity index (χ4v) is 1.60. The number of hydrogen-bond donors (Lipinski definition) is 2. The quantitative estimate of drug-likeness (QED) is 0.549. The Morgan fingerprint density at radius 1 is 1.43 bits per heavy atom. The minimum atomic E-state index is -0.415. The van der Waals surface area contributed by atoms with Gasteiger partial charge in [0.05, 0.1) is 11.3 Å². The van der Waals surface area contributed by atoms with Crippen LogP contribution in [-0.4, -0.2) is 18.9 Å². The molecule has 1 aliphatic heterocycles. The molecule has 0 aliphatic carbocycles. The summed E-state index contributed by atoms with van der Waals surface area (Å²) >= 11 is 0.